The Morgan fingerprint density at radius 2 is 1.68 bits per heavy atom. The molecule has 1 fully saturated rings. The molecule has 0 aromatic heterocycles. The van der Waals surface area contributed by atoms with Gasteiger partial charge in [0.1, 0.15) is 6.54 Å². The van der Waals surface area contributed by atoms with Crippen LogP contribution in [0, 0.1) is 0 Å². The molecule has 2 aromatic carbocycles. The molecule has 1 saturated heterocycles. The number of nitrogens with one attached hydrogen (secondary N) is 1. The highest BCUT2D eigenvalue weighted by molar-refractivity contribution is 7.89. The number of hydrogen-bond acceptors (Lipinski definition) is 6. The molecule has 0 atom stereocenters. The number of nitrogens with zero attached hydrogens (tertiary/aromatic N) is 2. The van der Waals surface area contributed by atoms with E-state index in [1.807, 2.05) is 0 Å². The van der Waals surface area contributed by atoms with Crippen molar-refractivity contribution in [3.63, 3.8) is 0 Å². The van der Waals surface area contributed by atoms with Gasteiger partial charge in [0.2, 0.25) is 15.9 Å². The number of carbonyl (C=O) groups excluding carboxylic acids is 3. The minimum absolute atomic E-state index is 0.109. The van der Waals surface area contributed by atoms with E-state index in [2.05, 4.69) is 5.32 Å². The van der Waals surface area contributed by atoms with E-state index >= 15 is 0 Å². The monoisotopic (exact) mass is 443 g/mol. The Labute approximate surface area is 179 Å². The fraction of sp³-hybridized carbons (Fsp3) is 0.286. The molecule has 0 saturated carbocycles. The van der Waals surface area contributed by atoms with Crippen LogP contribution in [0.15, 0.2) is 53.4 Å². The summed E-state index contributed by atoms with van der Waals surface area (Å²) >= 11 is 0. The summed E-state index contributed by atoms with van der Waals surface area (Å²) in [4.78, 5) is 38.1. The van der Waals surface area contributed by atoms with Gasteiger partial charge in [-0.05, 0) is 49.2 Å². The van der Waals surface area contributed by atoms with Crippen molar-refractivity contribution in [2.75, 3.05) is 36.5 Å². The minimum atomic E-state index is -3.57. The van der Waals surface area contributed by atoms with Gasteiger partial charge in [-0.25, -0.2) is 13.2 Å². The molecule has 0 radical (unpaired) electrons. The molecule has 9 nitrogen and oxygen atoms in total. The number of esters is 1. The maximum absolute atomic E-state index is 12.6. The molecule has 4 rings (SSSR count). The average Bonchev–Trinajstić information content (AvgIpc) is 3.32. The van der Waals surface area contributed by atoms with E-state index in [4.69, 9.17) is 4.74 Å². The number of anilines is 2. The predicted octanol–water partition coefficient (Wildman–Crippen LogP) is 1.61. The maximum atomic E-state index is 12.6. The summed E-state index contributed by atoms with van der Waals surface area (Å²) in [5.41, 5.74) is 1.16. The highest BCUT2D eigenvalue weighted by Crippen LogP contribution is 2.29. The van der Waals surface area contributed by atoms with Gasteiger partial charge in [-0.1, -0.05) is 12.1 Å². The van der Waals surface area contributed by atoms with E-state index in [1.165, 1.54) is 33.5 Å². The van der Waals surface area contributed by atoms with Crippen LogP contribution in [0.1, 0.15) is 23.2 Å². The zero-order chi connectivity index (χ0) is 22.0. The van der Waals surface area contributed by atoms with Gasteiger partial charge < -0.3 is 10.1 Å². The first-order valence-corrected chi connectivity index (χ1v) is 11.3. The van der Waals surface area contributed by atoms with Crippen LogP contribution in [-0.2, 0) is 24.3 Å². The van der Waals surface area contributed by atoms with Crippen LogP contribution in [0.2, 0.25) is 0 Å². The van der Waals surface area contributed by atoms with Crippen molar-refractivity contribution in [3.05, 3.63) is 54.1 Å². The van der Waals surface area contributed by atoms with Crippen molar-refractivity contribution in [1.29, 1.82) is 0 Å². The number of ether oxygens (including phenoxy) is 1. The number of carbonyl (C=O) groups is 3. The molecule has 0 bridgehead atoms. The van der Waals surface area contributed by atoms with Crippen molar-refractivity contribution < 1.29 is 27.5 Å². The molecular weight excluding hydrogens is 422 g/mol. The van der Waals surface area contributed by atoms with Crippen molar-refractivity contribution in [2.45, 2.75) is 17.7 Å². The summed E-state index contributed by atoms with van der Waals surface area (Å²) < 4.78 is 31.6. The highest BCUT2D eigenvalue weighted by Gasteiger charge is 2.28. The first kappa shape index (κ1) is 21.0. The number of fused-ring (bicyclic) bond motifs is 1. The Bertz CT molecular complexity index is 1120. The smallest absolute Gasteiger partial charge is 0.338 e. The highest BCUT2D eigenvalue weighted by atomic mass is 32.2. The van der Waals surface area contributed by atoms with Crippen LogP contribution in [0.3, 0.4) is 0 Å². The molecule has 2 aliphatic rings. The molecular formula is C21H21N3O6S. The fourth-order valence-electron chi connectivity index (χ4n) is 3.58. The lowest BCUT2D eigenvalue weighted by Gasteiger charge is -2.28. The SMILES string of the molecule is O=C1CN(C(=O)COC(=O)c2ccc(S(=O)(=O)N3CCCC3)cc2)c2ccccc2N1. The van der Waals surface area contributed by atoms with Gasteiger partial charge in [0.15, 0.2) is 6.61 Å². The first-order chi connectivity index (χ1) is 14.9. The number of benzene rings is 2. The molecule has 2 heterocycles. The zero-order valence-electron chi connectivity index (χ0n) is 16.6. The van der Waals surface area contributed by atoms with E-state index in [-0.39, 0.29) is 22.9 Å². The third-order valence-corrected chi connectivity index (χ3v) is 7.10. The average molecular weight is 443 g/mol. The minimum Gasteiger partial charge on any atom is -0.452 e. The zero-order valence-corrected chi connectivity index (χ0v) is 17.4. The lowest BCUT2D eigenvalue weighted by molar-refractivity contribution is -0.124. The van der Waals surface area contributed by atoms with E-state index in [9.17, 15) is 22.8 Å². The second kappa shape index (κ2) is 8.48. The Kier molecular flexibility index (Phi) is 5.75. The van der Waals surface area contributed by atoms with E-state index < -0.39 is 28.5 Å². The second-order valence-electron chi connectivity index (χ2n) is 7.26. The predicted molar refractivity (Wildman–Crippen MR) is 112 cm³/mol. The molecule has 10 heteroatoms. The molecule has 2 aliphatic heterocycles. The van der Waals surface area contributed by atoms with Crippen LogP contribution in [0.5, 0.6) is 0 Å². The Balaban J connectivity index is 1.40. The van der Waals surface area contributed by atoms with Gasteiger partial charge in [0, 0.05) is 13.1 Å². The lowest BCUT2D eigenvalue weighted by atomic mass is 10.2. The van der Waals surface area contributed by atoms with Crippen molar-refractivity contribution in [3.8, 4) is 0 Å². The van der Waals surface area contributed by atoms with Crippen molar-refractivity contribution in [2.24, 2.45) is 0 Å². The lowest BCUT2D eigenvalue weighted by Crippen LogP contribution is -2.44. The van der Waals surface area contributed by atoms with E-state index in [0.29, 0.717) is 24.5 Å². The molecule has 1 N–H and O–H groups in total. The number of hydrogen-bond donors (Lipinski definition) is 1. The Morgan fingerprint density at radius 3 is 2.39 bits per heavy atom. The van der Waals surface area contributed by atoms with Gasteiger partial charge in [-0.2, -0.15) is 4.31 Å². The van der Waals surface area contributed by atoms with Gasteiger partial charge in [0.05, 0.1) is 21.8 Å². The standard InChI is InChI=1S/C21H21N3O6S/c25-19-13-24(18-6-2-1-5-17(18)22-19)20(26)14-30-21(27)15-7-9-16(10-8-15)31(28,29)23-11-3-4-12-23/h1-2,5-10H,3-4,11-14H2,(H,22,25). The number of para-hydroxylation sites is 2. The summed E-state index contributed by atoms with van der Waals surface area (Å²) in [6.45, 7) is 0.266. The molecule has 0 aliphatic carbocycles. The summed E-state index contributed by atoms with van der Waals surface area (Å²) in [7, 11) is -3.57. The summed E-state index contributed by atoms with van der Waals surface area (Å²) in [6.07, 6.45) is 1.67. The third-order valence-electron chi connectivity index (χ3n) is 5.19. The molecule has 31 heavy (non-hydrogen) atoms. The van der Waals surface area contributed by atoms with Gasteiger partial charge in [-0.3, -0.25) is 14.5 Å². The summed E-state index contributed by atoms with van der Waals surface area (Å²) in [5.74, 6) is -1.63. The topological polar surface area (TPSA) is 113 Å². The van der Waals surface area contributed by atoms with Gasteiger partial charge >= 0.3 is 5.97 Å². The molecule has 2 aromatic rings. The normalized spacial score (nSPS) is 16.5. The second-order valence-corrected chi connectivity index (χ2v) is 9.19. The van der Waals surface area contributed by atoms with Crippen LogP contribution in [0.25, 0.3) is 0 Å². The molecule has 0 unspecified atom stereocenters. The van der Waals surface area contributed by atoms with Crippen LogP contribution in [0.4, 0.5) is 11.4 Å². The number of amides is 2. The van der Waals surface area contributed by atoms with Crippen LogP contribution >= 0.6 is 0 Å². The van der Waals surface area contributed by atoms with Crippen molar-refractivity contribution in [1.82, 2.24) is 4.31 Å². The first-order valence-electron chi connectivity index (χ1n) is 9.83. The van der Waals surface area contributed by atoms with E-state index in [0.717, 1.165) is 12.8 Å². The van der Waals surface area contributed by atoms with Gasteiger partial charge in [-0.15, -0.1) is 0 Å². The largest absolute Gasteiger partial charge is 0.452 e. The quantitative estimate of drug-likeness (QED) is 0.703. The number of sulfonamides is 1. The molecule has 0 spiro atoms. The Hall–Kier alpha value is -3.24. The van der Waals surface area contributed by atoms with Crippen LogP contribution < -0.4 is 10.2 Å². The van der Waals surface area contributed by atoms with Crippen LogP contribution in [-0.4, -0.2) is 56.7 Å². The molecule has 162 valence electrons. The third kappa shape index (κ3) is 4.30. The number of rotatable bonds is 5. The molecule has 2 amide bonds. The Morgan fingerprint density at radius 1 is 1.00 bits per heavy atom. The fourth-order valence-corrected chi connectivity index (χ4v) is 5.10. The summed E-state index contributed by atoms with van der Waals surface area (Å²) in [6, 6.07) is 12.3. The van der Waals surface area contributed by atoms with Crippen molar-refractivity contribution >= 4 is 39.2 Å². The van der Waals surface area contributed by atoms with Gasteiger partial charge in [0.25, 0.3) is 5.91 Å². The van der Waals surface area contributed by atoms with E-state index in [1.54, 1.807) is 24.3 Å². The maximum Gasteiger partial charge on any atom is 0.338 e. The summed E-state index contributed by atoms with van der Waals surface area (Å²) in [5, 5.41) is 2.68.